The third-order valence-electron chi connectivity index (χ3n) is 2.98. The summed E-state index contributed by atoms with van der Waals surface area (Å²) < 4.78 is 0.727. The second-order valence-corrected chi connectivity index (χ2v) is 6.23. The molecule has 0 aliphatic rings. The van der Waals surface area contributed by atoms with Gasteiger partial charge in [-0.2, -0.15) is 0 Å². The van der Waals surface area contributed by atoms with E-state index in [9.17, 15) is 4.79 Å². The monoisotopic (exact) mass is 309 g/mol. The summed E-state index contributed by atoms with van der Waals surface area (Å²) in [5.41, 5.74) is 7.45. The number of aromatic nitrogens is 1. The number of pyridine rings is 1. The molecule has 4 nitrogen and oxygen atoms in total. The van der Waals surface area contributed by atoms with Crippen LogP contribution in [0.5, 0.6) is 0 Å². The van der Waals surface area contributed by atoms with Crippen molar-refractivity contribution in [3.05, 3.63) is 44.9 Å². The average Bonchev–Trinajstić information content (AvgIpc) is 2.83. The predicted molar refractivity (Wildman–Crippen MR) is 83.1 cm³/mol. The molecule has 2 aromatic heterocycles. The Hall–Kier alpha value is -1.59. The van der Waals surface area contributed by atoms with Crippen LogP contribution in [0.4, 0.5) is 5.69 Å². The van der Waals surface area contributed by atoms with Crippen molar-refractivity contribution in [2.24, 2.45) is 0 Å². The Bertz CT molecular complexity index is 627. The van der Waals surface area contributed by atoms with Crippen LogP contribution < -0.4 is 5.73 Å². The number of hydrogen-bond donors (Lipinski definition) is 1. The van der Waals surface area contributed by atoms with Crippen molar-refractivity contribution in [1.82, 2.24) is 9.88 Å². The van der Waals surface area contributed by atoms with Crippen molar-refractivity contribution in [3.8, 4) is 0 Å². The van der Waals surface area contributed by atoms with Crippen molar-refractivity contribution >= 4 is 34.5 Å². The molecular formula is C14H16ClN3OS. The lowest BCUT2D eigenvalue weighted by Gasteiger charge is -2.21. The van der Waals surface area contributed by atoms with E-state index >= 15 is 0 Å². The van der Waals surface area contributed by atoms with Crippen LogP contribution in [0.2, 0.25) is 4.34 Å². The molecule has 6 heteroatoms. The Kier molecular flexibility index (Phi) is 4.62. The standard InChI is InChI=1S/C14H16ClN3OS/c1-3-18(8-11-4-5-13(15)20-11)14(19)12-6-10(16)7-17-9(12)2/h4-7H,3,8,16H2,1-2H3. The maximum Gasteiger partial charge on any atom is 0.256 e. The Morgan fingerprint density at radius 1 is 1.50 bits per heavy atom. The number of rotatable bonds is 4. The highest BCUT2D eigenvalue weighted by molar-refractivity contribution is 7.16. The van der Waals surface area contributed by atoms with Gasteiger partial charge in [0, 0.05) is 11.4 Å². The molecule has 0 spiro atoms. The third-order valence-corrected chi connectivity index (χ3v) is 4.20. The van der Waals surface area contributed by atoms with Crippen molar-refractivity contribution in [2.75, 3.05) is 12.3 Å². The van der Waals surface area contributed by atoms with Crippen LogP contribution in [0.15, 0.2) is 24.4 Å². The summed E-state index contributed by atoms with van der Waals surface area (Å²) in [4.78, 5) is 19.5. The minimum Gasteiger partial charge on any atom is -0.397 e. The number of amides is 1. The molecule has 2 rings (SSSR count). The molecule has 2 heterocycles. The van der Waals surface area contributed by atoms with Gasteiger partial charge >= 0.3 is 0 Å². The number of aryl methyl sites for hydroxylation is 1. The van der Waals surface area contributed by atoms with Crippen LogP contribution in [0.1, 0.15) is 27.9 Å². The first-order valence-electron chi connectivity index (χ1n) is 6.27. The van der Waals surface area contributed by atoms with Gasteiger partial charge < -0.3 is 10.6 Å². The quantitative estimate of drug-likeness (QED) is 0.942. The van der Waals surface area contributed by atoms with E-state index in [-0.39, 0.29) is 5.91 Å². The molecule has 0 unspecified atom stereocenters. The zero-order valence-corrected chi connectivity index (χ0v) is 13.0. The second-order valence-electron chi connectivity index (χ2n) is 4.43. The van der Waals surface area contributed by atoms with E-state index in [1.54, 1.807) is 17.2 Å². The molecule has 20 heavy (non-hydrogen) atoms. The summed E-state index contributed by atoms with van der Waals surface area (Å²) >= 11 is 7.40. The first kappa shape index (κ1) is 14.8. The molecule has 0 aliphatic carbocycles. The average molecular weight is 310 g/mol. The highest BCUT2D eigenvalue weighted by atomic mass is 35.5. The van der Waals surface area contributed by atoms with Gasteiger partial charge in [0.1, 0.15) is 0 Å². The summed E-state index contributed by atoms with van der Waals surface area (Å²) in [5, 5.41) is 0. The van der Waals surface area contributed by atoms with Crippen LogP contribution in [0.25, 0.3) is 0 Å². The number of anilines is 1. The maximum atomic E-state index is 12.6. The number of carbonyl (C=O) groups excluding carboxylic acids is 1. The molecule has 2 aromatic rings. The van der Waals surface area contributed by atoms with Crippen LogP contribution >= 0.6 is 22.9 Å². The van der Waals surface area contributed by atoms with E-state index in [0.29, 0.717) is 30.0 Å². The Morgan fingerprint density at radius 2 is 2.25 bits per heavy atom. The lowest BCUT2D eigenvalue weighted by molar-refractivity contribution is 0.0753. The molecule has 0 fully saturated rings. The van der Waals surface area contributed by atoms with Crippen molar-refractivity contribution < 1.29 is 4.79 Å². The Balaban J connectivity index is 2.22. The molecule has 106 valence electrons. The first-order valence-corrected chi connectivity index (χ1v) is 7.46. The van der Waals surface area contributed by atoms with Gasteiger partial charge in [-0.25, -0.2) is 0 Å². The minimum absolute atomic E-state index is 0.0608. The number of nitrogens with zero attached hydrogens (tertiary/aromatic N) is 2. The van der Waals surface area contributed by atoms with Crippen molar-refractivity contribution in [1.29, 1.82) is 0 Å². The van der Waals surface area contributed by atoms with E-state index in [0.717, 1.165) is 9.21 Å². The SMILES string of the molecule is CCN(Cc1ccc(Cl)s1)C(=O)c1cc(N)cnc1C. The van der Waals surface area contributed by atoms with Crippen molar-refractivity contribution in [3.63, 3.8) is 0 Å². The van der Waals surface area contributed by atoms with Gasteiger partial charge in [0.15, 0.2) is 0 Å². The van der Waals surface area contributed by atoms with Crippen LogP contribution in [0, 0.1) is 6.92 Å². The third kappa shape index (κ3) is 3.29. The summed E-state index contributed by atoms with van der Waals surface area (Å²) in [7, 11) is 0. The molecule has 0 saturated heterocycles. The lowest BCUT2D eigenvalue weighted by Crippen LogP contribution is -2.30. The fraction of sp³-hybridized carbons (Fsp3) is 0.286. The van der Waals surface area contributed by atoms with Crippen LogP contribution in [-0.4, -0.2) is 22.3 Å². The summed E-state index contributed by atoms with van der Waals surface area (Å²) in [6.45, 7) is 4.91. The van der Waals surface area contributed by atoms with Gasteiger partial charge in [-0.15, -0.1) is 11.3 Å². The largest absolute Gasteiger partial charge is 0.397 e. The van der Waals surface area contributed by atoms with Gasteiger partial charge in [-0.3, -0.25) is 9.78 Å². The van der Waals surface area contributed by atoms with Crippen LogP contribution in [0.3, 0.4) is 0 Å². The molecule has 0 aromatic carbocycles. The number of nitrogen functional groups attached to an aromatic ring is 1. The van der Waals surface area contributed by atoms with Crippen LogP contribution in [-0.2, 0) is 6.54 Å². The van der Waals surface area contributed by atoms with Gasteiger partial charge in [0.2, 0.25) is 0 Å². The predicted octanol–water partition coefficient (Wildman–Crippen LogP) is 3.35. The number of halogens is 1. The van der Waals surface area contributed by atoms with E-state index in [4.69, 9.17) is 17.3 Å². The normalized spacial score (nSPS) is 10.6. The lowest BCUT2D eigenvalue weighted by atomic mass is 10.1. The second kappa shape index (κ2) is 6.24. The fourth-order valence-corrected chi connectivity index (χ4v) is 2.99. The molecular weight excluding hydrogens is 294 g/mol. The van der Waals surface area contributed by atoms with Gasteiger partial charge in [0.25, 0.3) is 5.91 Å². The van der Waals surface area contributed by atoms with E-state index < -0.39 is 0 Å². The summed E-state index contributed by atoms with van der Waals surface area (Å²) in [6, 6.07) is 5.45. The summed E-state index contributed by atoms with van der Waals surface area (Å²) in [6.07, 6.45) is 1.56. The number of thiophene rings is 1. The van der Waals surface area contributed by atoms with E-state index in [1.807, 2.05) is 26.0 Å². The smallest absolute Gasteiger partial charge is 0.256 e. The van der Waals surface area contributed by atoms with E-state index in [1.165, 1.54) is 11.3 Å². The van der Waals surface area contributed by atoms with Gasteiger partial charge in [-0.1, -0.05) is 11.6 Å². The number of carbonyl (C=O) groups is 1. The van der Waals surface area contributed by atoms with Gasteiger partial charge in [0.05, 0.1) is 34.0 Å². The Labute approximate surface area is 127 Å². The topological polar surface area (TPSA) is 59.2 Å². The minimum atomic E-state index is -0.0608. The van der Waals surface area contributed by atoms with Gasteiger partial charge in [-0.05, 0) is 32.0 Å². The van der Waals surface area contributed by atoms with E-state index in [2.05, 4.69) is 4.98 Å². The molecule has 1 amide bonds. The first-order chi connectivity index (χ1) is 9.51. The zero-order chi connectivity index (χ0) is 14.7. The maximum absolute atomic E-state index is 12.6. The molecule has 0 bridgehead atoms. The van der Waals surface area contributed by atoms with Crippen molar-refractivity contribution in [2.45, 2.75) is 20.4 Å². The molecule has 0 aliphatic heterocycles. The molecule has 0 saturated carbocycles. The highest BCUT2D eigenvalue weighted by Gasteiger charge is 2.18. The molecule has 0 radical (unpaired) electrons. The zero-order valence-electron chi connectivity index (χ0n) is 11.4. The highest BCUT2D eigenvalue weighted by Crippen LogP contribution is 2.23. The fourth-order valence-electron chi connectivity index (χ4n) is 1.89. The Morgan fingerprint density at radius 3 is 2.85 bits per heavy atom. The summed E-state index contributed by atoms with van der Waals surface area (Å²) in [5.74, 6) is -0.0608. The molecule has 2 N–H and O–H groups in total. The number of nitrogens with two attached hydrogens (primary N) is 1. The number of hydrogen-bond acceptors (Lipinski definition) is 4. The molecule has 0 atom stereocenters.